The van der Waals surface area contributed by atoms with E-state index in [2.05, 4.69) is 11.1 Å². The van der Waals surface area contributed by atoms with Crippen LogP contribution in [0.25, 0.3) is 0 Å². The molecule has 0 spiro atoms. The van der Waals surface area contributed by atoms with Crippen LogP contribution in [0.5, 0.6) is 0 Å². The Bertz CT molecular complexity index is 165. The van der Waals surface area contributed by atoms with Crippen molar-refractivity contribution in [1.82, 2.24) is 4.98 Å². The Hall–Kier alpha value is -0.0513. The molecule has 0 saturated carbocycles. The Labute approximate surface area is 62.2 Å². The van der Waals surface area contributed by atoms with E-state index in [1.807, 2.05) is 19.2 Å². The summed E-state index contributed by atoms with van der Waals surface area (Å²) in [5.74, 6) is 0. The number of aromatic nitrogens is 1. The molecule has 0 aliphatic carbocycles. The number of hydrogen-bond acceptors (Lipinski definition) is 1. The molecular formula is C6H6NSn. The second kappa shape index (κ2) is 2.48. The fourth-order valence-corrected chi connectivity index (χ4v) is 0.943. The predicted molar refractivity (Wildman–Crippen MR) is 34.4 cm³/mol. The van der Waals surface area contributed by atoms with E-state index in [-0.39, 0.29) is 0 Å². The molecule has 1 aromatic rings. The van der Waals surface area contributed by atoms with E-state index >= 15 is 0 Å². The van der Waals surface area contributed by atoms with Crippen LogP contribution in [0.1, 0.15) is 5.69 Å². The van der Waals surface area contributed by atoms with E-state index in [0.29, 0.717) is 0 Å². The number of aryl methyl sites for hydroxylation is 1. The quantitative estimate of drug-likeness (QED) is 0.558. The van der Waals surface area contributed by atoms with E-state index < -0.39 is 0 Å². The van der Waals surface area contributed by atoms with Crippen molar-refractivity contribution in [2.75, 3.05) is 0 Å². The summed E-state index contributed by atoms with van der Waals surface area (Å²) in [6, 6.07) is 4.07. The first-order chi connectivity index (χ1) is 3.80. The topological polar surface area (TPSA) is 12.9 Å². The van der Waals surface area contributed by atoms with Gasteiger partial charge in [-0.2, -0.15) is 0 Å². The maximum atomic E-state index is 4.10. The van der Waals surface area contributed by atoms with Crippen LogP contribution >= 0.6 is 0 Å². The second-order valence-corrected chi connectivity index (χ2v) is 3.17. The molecule has 0 amide bonds. The molecule has 1 rings (SSSR count). The molecule has 0 aliphatic rings. The molecule has 0 fully saturated rings. The van der Waals surface area contributed by atoms with Crippen molar-refractivity contribution < 1.29 is 0 Å². The van der Waals surface area contributed by atoms with Gasteiger partial charge in [0.25, 0.3) is 0 Å². The van der Waals surface area contributed by atoms with Gasteiger partial charge in [-0.25, -0.2) is 0 Å². The van der Waals surface area contributed by atoms with Crippen LogP contribution in [0, 0.1) is 6.92 Å². The number of rotatable bonds is 0. The molecule has 1 aromatic heterocycles. The maximum absolute atomic E-state index is 4.10. The summed E-state index contributed by atoms with van der Waals surface area (Å²) in [5, 5.41) is 0. The third-order valence-electron chi connectivity index (χ3n) is 1.01. The summed E-state index contributed by atoms with van der Waals surface area (Å²) in [7, 11) is 0. The molecule has 1 nitrogen and oxygen atoms in total. The zero-order valence-electron chi connectivity index (χ0n) is 4.68. The normalized spacial score (nSPS) is 9.25. The minimum absolute atomic E-state index is 1.16. The van der Waals surface area contributed by atoms with E-state index in [1.54, 1.807) is 0 Å². The van der Waals surface area contributed by atoms with Crippen LogP contribution in [0.4, 0.5) is 0 Å². The molecule has 1 heterocycles. The van der Waals surface area contributed by atoms with Crippen LogP contribution < -0.4 is 3.58 Å². The van der Waals surface area contributed by atoms with Crippen molar-refractivity contribution in [1.29, 1.82) is 0 Å². The number of hydrogen-bond donors (Lipinski definition) is 0. The fourth-order valence-electron chi connectivity index (χ4n) is 0.484. The van der Waals surface area contributed by atoms with Gasteiger partial charge < -0.3 is 0 Å². The van der Waals surface area contributed by atoms with Crippen molar-refractivity contribution in [2.24, 2.45) is 0 Å². The van der Waals surface area contributed by atoms with Crippen LogP contribution in [-0.4, -0.2) is 27.5 Å². The molecule has 3 radical (unpaired) electrons. The standard InChI is InChI=1S/C6H6N.Sn/c1-6-4-2-3-5-7-6;/h2-3,5H,1H3;. The summed E-state index contributed by atoms with van der Waals surface area (Å²) < 4.78 is 1.35. The first-order valence-corrected chi connectivity index (χ1v) is 3.86. The van der Waals surface area contributed by atoms with Gasteiger partial charge in [-0.05, 0) is 0 Å². The van der Waals surface area contributed by atoms with E-state index in [4.69, 9.17) is 0 Å². The van der Waals surface area contributed by atoms with Gasteiger partial charge in [-0.1, -0.05) is 0 Å². The van der Waals surface area contributed by atoms with Crippen molar-refractivity contribution in [3.8, 4) is 0 Å². The van der Waals surface area contributed by atoms with E-state index in [9.17, 15) is 0 Å². The molecule has 0 saturated heterocycles. The molecule has 0 atom stereocenters. The van der Waals surface area contributed by atoms with Crippen molar-refractivity contribution in [3.05, 3.63) is 24.0 Å². The Morgan fingerprint density at radius 3 is 2.75 bits per heavy atom. The summed E-state index contributed by atoms with van der Waals surface area (Å²) in [4.78, 5) is 4.10. The van der Waals surface area contributed by atoms with E-state index in [1.165, 1.54) is 26.1 Å². The Kier molecular flexibility index (Phi) is 1.89. The first-order valence-electron chi connectivity index (χ1n) is 2.44. The van der Waals surface area contributed by atoms with E-state index in [0.717, 1.165) is 5.69 Å². The Morgan fingerprint density at radius 2 is 2.38 bits per heavy atom. The van der Waals surface area contributed by atoms with Crippen molar-refractivity contribution in [3.63, 3.8) is 0 Å². The Morgan fingerprint density at radius 1 is 1.62 bits per heavy atom. The molecule has 0 bridgehead atoms. The average molecular weight is 211 g/mol. The van der Waals surface area contributed by atoms with Crippen molar-refractivity contribution >= 4 is 26.1 Å². The van der Waals surface area contributed by atoms with Crippen LogP contribution in [-0.2, 0) is 0 Å². The van der Waals surface area contributed by atoms with Gasteiger partial charge in [0.15, 0.2) is 0 Å². The van der Waals surface area contributed by atoms with Gasteiger partial charge in [0.05, 0.1) is 0 Å². The van der Waals surface area contributed by atoms with Crippen molar-refractivity contribution in [2.45, 2.75) is 6.92 Å². The molecule has 8 heavy (non-hydrogen) atoms. The number of pyridine rings is 1. The summed E-state index contributed by atoms with van der Waals surface area (Å²) >= 11 is 1.45. The summed E-state index contributed by atoms with van der Waals surface area (Å²) in [6.07, 6.45) is 1.82. The first kappa shape index (κ1) is 6.07. The molecule has 0 aliphatic heterocycles. The van der Waals surface area contributed by atoms with Gasteiger partial charge in [0.2, 0.25) is 0 Å². The zero-order valence-corrected chi connectivity index (χ0v) is 7.53. The SMILES string of the molecule is Cc1nccc[c]1[Sn]. The van der Waals surface area contributed by atoms with Gasteiger partial charge >= 0.3 is 62.0 Å². The zero-order chi connectivity index (χ0) is 5.98. The third-order valence-corrected chi connectivity index (χ3v) is 2.52. The summed E-state index contributed by atoms with van der Waals surface area (Å²) in [6.45, 7) is 2.03. The van der Waals surface area contributed by atoms with Crippen LogP contribution in [0.15, 0.2) is 18.3 Å². The van der Waals surface area contributed by atoms with Crippen LogP contribution in [0.3, 0.4) is 0 Å². The minimum atomic E-state index is 1.16. The molecule has 39 valence electrons. The Balaban J connectivity index is 3.13. The average Bonchev–Trinajstić information content (AvgIpc) is 1.77. The molecule has 0 unspecified atom stereocenters. The third kappa shape index (κ3) is 1.22. The van der Waals surface area contributed by atoms with Gasteiger partial charge in [-0.3, -0.25) is 0 Å². The summed E-state index contributed by atoms with van der Waals surface area (Å²) in [5.41, 5.74) is 1.16. The second-order valence-electron chi connectivity index (χ2n) is 1.64. The monoisotopic (exact) mass is 212 g/mol. The molecule has 0 N–H and O–H groups in total. The fraction of sp³-hybridized carbons (Fsp3) is 0.167. The van der Waals surface area contributed by atoms with Gasteiger partial charge in [0.1, 0.15) is 0 Å². The van der Waals surface area contributed by atoms with Gasteiger partial charge in [0, 0.05) is 0 Å². The molecule has 0 aromatic carbocycles. The van der Waals surface area contributed by atoms with Gasteiger partial charge in [-0.15, -0.1) is 0 Å². The molecule has 2 heteroatoms. The number of nitrogens with zero attached hydrogens (tertiary/aromatic N) is 1. The molecular weight excluding hydrogens is 205 g/mol. The predicted octanol–water partition coefficient (Wildman–Crippen LogP) is 0.184. The van der Waals surface area contributed by atoms with Crippen LogP contribution in [0.2, 0.25) is 0 Å².